The summed E-state index contributed by atoms with van der Waals surface area (Å²) in [7, 11) is 0. The first-order chi connectivity index (χ1) is 10.8. The minimum atomic E-state index is -0.671. The van der Waals surface area contributed by atoms with Crippen molar-refractivity contribution in [2.45, 2.75) is 19.4 Å². The Hall–Kier alpha value is -2.46. The molecule has 3 aromatic rings. The second-order valence-electron chi connectivity index (χ2n) is 6.15. The molecule has 0 fully saturated rings. The Kier molecular flexibility index (Phi) is 3.78. The quantitative estimate of drug-likeness (QED) is 0.729. The van der Waals surface area contributed by atoms with Gasteiger partial charge in [-0.2, -0.15) is 0 Å². The third-order valence-electron chi connectivity index (χ3n) is 3.63. The van der Waals surface area contributed by atoms with Crippen LogP contribution in [0.2, 0.25) is 0 Å². The molecule has 0 saturated carbocycles. The lowest BCUT2D eigenvalue weighted by Crippen LogP contribution is -2.28. The number of ether oxygens (including phenoxy) is 1. The zero-order valence-electron chi connectivity index (χ0n) is 12.9. The van der Waals surface area contributed by atoms with Gasteiger partial charge in [0, 0.05) is 23.7 Å². The van der Waals surface area contributed by atoms with Crippen molar-refractivity contribution in [2.75, 3.05) is 0 Å². The maximum atomic E-state index is 13.2. The fourth-order valence-corrected chi connectivity index (χ4v) is 2.41. The fraction of sp³-hybridized carbons (Fsp3) is 0.158. The first-order valence-corrected chi connectivity index (χ1v) is 7.28. The minimum Gasteiger partial charge on any atom is -0.457 e. The summed E-state index contributed by atoms with van der Waals surface area (Å²) in [4.78, 5) is 0. The lowest BCUT2D eigenvalue weighted by atomic mass is 9.93. The Morgan fingerprint density at radius 2 is 1.39 bits per heavy atom. The van der Waals surface area contributed by atoms with Gasteiger partial charge in [-0.15, -0.1) is 0 Å². The zero-order chi connectivity index (χ0) is 16.6. The molecule has 0 bridgehead atoms. The smallest absolute Gasteiger partial charge is 0.133 e. The number of rotatable bonds is 3. The number of benzene rings is 3. The highest BCUT2D eigenvalue weighted by Crippen LogP contribution is 2.29. The first kappa shape index (κ1) is 15.4. The van der Waals surface area contributed by atoms with Crippen LogP contribution in [0, 0.1) is 11.6 Å². The van der Waals surface area contributed by atoms with Crippen molar-refractivity contribution in [2.24, 2.45) is 5.73 Å². The van der Waals surface area contributed by atoms with E-state index in [4.69, 9.17) is 10.5 Å². The summed E-state index contributed by atoms with van der Waals surface area (Å²) in [5.74, 6) is -0.699. The SMILES string of the molecule is CC(C)(N)c1ccc2cc(Oc3cc(F)cc(F)c3)ccc2c1. The van der Waals surface area contributed by atoms with E-state index in [1.807, 2.05) is 44.2 Å². The van der Waals surface area contributed by atoms with Crippen LogP contribution >= 0.6 is 0 Å². The van der Waals surface area contributed by atoms with E-state index in [-0.39, 0.29) is 5.75 Å². The van der Waals surface area contributed by atoms with E-state index in [1.165, 1.54) is 0 Å². The van der Waals surface area contributed by atoms with E-state index in [9.17, 15) is 8.78 Å². The number of fused-ring (bicyclic) bond motifs is 1. The predicted molar refractivity (Wildman–Crippen MR) is 87.6 cm³/mol. The summed E-state index contributed by atoms with van der Waals surface area (Å²) in [6.45, 7) is 3.90. The van der Waals surface area contributed by atoms with E-state index >= 15 is 0 Å². The first-order valence-electron chi connectivity index (χ1n) is 7.28. The molecule has 0 aliphatic carbocycles. The summed E-state index contributed by atoms with van der Waals surface area (Å²) >= 11 is 0. The van der Waals surface area contributed by atoms with Gasteiger partial charge in [0.1, 0.15) is 23.1 Å². The van der Waals surface area contributed by atoms with Crippen LogP contribution in [0.5, 0.6) is 11.5 Å². The molecule has 0 radical (unpaired) electrons. The molecule has 0 aromatic heterocycles. The van der Waals surface area contributed by atoms with Crippen molar-refractivity contribution in [3.05, 3.63) is 71.8 Å². The Labute approximate surface area is 133 Å². The molecule has 0 aliphatic rings. The average Bonchev–Trinajstić information content (AvgIpc) is 2.44. The fourth-order valence-electron chi connectivity index (χ4n) is 2.41. The van der Waals surface area contributed by atoms with E-state index in [2.05, 4.69) is 0 Å². The molecule has 2 N–H and O–H groups in total. The van der Waals surface area contributed by atoms with Gasteiger partial charge in [-0.25, -0.2) is 8.78 Å². The van der Waals surface area contributed by atoms with Gasteiger partial charge in [-0.05, 0) is 48.4 Å². The summed E-state index contributed by atoms with van der Waals surface area (Å²) in [6, 6.07) is 14.5. The monoisotopic (exact) mass is 313 g/mol. The molecule has 4 heteroatoms. The molecule has 118 valence electrons. The second kappa shape index (κ2) is 5.63. The van der Waals surface area contributed by atoms with Crippen molar-refractivity contribution in [1.82, 2.24) is 0 Å². The highest BCUT2D eigenvalue weighted by Gasteiger charge is 2.14. The van der Waals surface area contributed by atoms with Crippen LogP contribution in [0.4, 0.5) is 8.78 Å². The third-order valence-corrected chi connectivity index (χ3v) is 3.63. The average molecular weight is 313 g/mol. The van der Waals surface area contributed by atoms with Crippen LogP contribution in [0.3, 0.4) is 0 Å². The Bertz CT molecular complexity index is 849. The zero-order valence-corrected chi connectivity index (χ0v) is 12.9. The van der Waals surface area contributed by atoms with E-state index in [1.54, 1.807) is 6.07 Å². The van der Waals surface area contributed by atoms with Gasteiger partial charge >= 0.3 is 0 Å². The van der Waals surface area contributed by atoms with Crippen LogP contribution in [0.1, 0.15) is 19.4 Å². The van der Waals surface area contributed by atoms with Crippen LogP contribution in [0.25, 0.3) is 10.8 Å². The summed E-state index contributed by atoms with van der Waals surface area (Å²) < 4.78 is 32.0. The molecule has 0 unspecified atom stereocenters. The van der Waals surface area contributed by atoms with Gasteiger partial charge in [0.25, 0.3) is 0 Å². The summed E-state index contributed by atoms with van der Waals surface area (Å²) in [5.41, 5.74) is 6.73. The molecule has 0 amide bonds. The number of hydrogen-bond acceptors (Lipinski definition) is 2. The van der Waals surface area contributed by atoms with Gasteiger partial charge in [-0.1, -0.05) is 18.2 Å². The molecular weight excluding hydrogens is 296 g/mol. The summed E-state index contributed by atoms with van der Waals surface area (Å²) in [5, 5.41) is 1.99. The second-order valence-corrected chi connectivity index (χ2v) is 6.15. The highest BCUT2D eigenvalue weighted by atomic mass is 19.1. The molecule has 3 aromatic carbocycles. The Morgan fingerprint density at radius 3 is 2.04 bits per heavy atom. The van der Waals surface area contributed by atoms with Crippen LogP contribution in [-0.2, 0) is 5.54 Å². The Balaban J connectivity index is 1.94. The number of nitrogens with two attached hydrogens (primary N) is 1. The molecule has 0 spiro atoms. The van der Waals surface area contributed by atoms with Crippen molar-refractivity contribution in [3.63, 3.8) is 0 Å². The standard InChI is InChI=1S/C19H17F2NO/c1-19(2,22)14-5-3-13-8-17(6-4-12(13)7-14)23-18-10-15(20)9-16(21)11-18/h3-11H,22H2,1-2H3. The third kappa shape index (κ3) is 3.48. The Morgan fingerprint density at radius 1 is 0.783 bits per heavy atom. The van der Waals surface area contributed by atoms with E-state index in [0.29, 0.717) is 5.75 Å². The predicted octanol–water partition coefficient (Wildman–Crippen LogP) is 5.10. The van der Waals surface area contributed by atoms with Crippen LogP contribution in [-0.4, -0.2) is 0 Å². The molecule has 0 aliphatic heterocycles. The molecule has 0 heterocycles. The van der Waals surface area contributed by atoms with Crippen LogP contribution in [0.15, 0.2) is 54.6 Å². The van der Waals surface area contributed by atoms with E-state index < -0.39 is 17.2 Å². The minimum absolute atomic E-state index is 0.126. The molecule has 23 heavy (non-hydrogen) atoms. The van der Waals surface area contributed by atoms with Crippen molar-refractivity contribution in [3.8, 4) is 11.5 Å². The van der Waals surface area contributed by atoms with Crippen LogP contribution < -0.4 is 10.5 Å². The number of halogens is 2. The topological polar surface area (TPSA) is 35.2 Å². The molecule has 0 atom stereocenters. The summed E-state index contributed by atoms with van der Waals surface area (Å²) in [6.07, 6.45) is 0. The maximum Gasteiger partial charge on any atom is 0.133 e. The van der Waals surface area contributed by atoms with Gasteiger partial charge in [0.2, 0.25) is 0 Å². The van der Waals surface area contributed by atoms with Gasteiger partial charge in [0.05, 0.1) is 0 Å². The lowest BCUT2D eigenvalue weighted by Gasteiger charge is -2.19. The number of hydrogen-bond donors (Lipinski definition) is 1. The largest absolute Gasteiger partial charge is 0.457 e. The molecule has 2 nitrogen and oxygen atoms in total. The van der Waals surface area contributed by atoms with Gasteiger partial charge in [0.15, 0.2) is 0 Å². The lowest BCUT2D eigenvalue weighted by molar-refractivity contribution is 0.469. The maximum absolute atomic E-state index is 13.2. The normalized spacial score (nSPS) is 11.7. The van der Waals surface area contributed by atoms with Crippen molar-refractivity contribution >= 4 is 10.8 Å². The van der Waals surface area contributed by atoms with E-state index in [0.717, 1.165) is 34.5 Å². The molecule has 3 rings (SSSR count). The van der Waals surface area contributed by atoms with Crippen molar-refractivity contribution < 1.29 is 13.5 Å². The van der Waals surface area contributed by atoms with Gasteiger partial charge in [-0.3, -0.25) is 0 Å². The molecular formula is C19H17F2NO. The highest BCUT2D eigenvalue weighted by molar-refractivity contribution is 5.84. The van der Waals surface area contributed by atoms with Gasteiger partial charge < -0.3 is 10.5 Å². The van der Waals surface area contributed by atoms with Crippen molar-refractivity contribution in [1.29, 1.82) is 0 Å². The molecule has 0 saturated heterocycles.